The first-order valence-corrected chi connectivity index (χ1v) is 6.66. The molecule has 1 aliphatic carbocycles. The predicted octanol–water partition coefficient (Wildman–Crippen LogP) is 2.75. The van der Waals surface area contributed by atoms with Crippen LogP contribution in [0.1, 0.15) is 24.3 Å². The summed E-state index contributed by atoms with van der Waals surface area (Å²) in [5.41, 5.74) is 1.64. The first kappa shape index (κ1) is 13.3. The second kappa shape index (κ2) is 4.68. The van der Waals surface area contributed by atoms with Crippen LogP contribution < -0.4 is 5.32 Å². The molecule has 0 radical (unpaired) electrons. The Morgan fingerprint density at radius 3 is 2.65 bits per heavy atom. The zero-order valence-electron chi connectivity index (χ0n) is 10.8. The lowest BCUT2D eigenvalue weighted by atomic mass is 9.99. The van der Waals surface area contributed by atoms with E-state index in [0.717, 1.165) is 16.2 Å². The number of carbonyl (C=O) groups excluding carboxylic acids is 1. The van der Waals surface area contributed by atoms with Crippen LogP contribution in [-0.2, 0) is 4.79 Å². The van der Waals surface area contributed by atoms with Gasteiger partial charge in [-0.3, -0.25) is 4.79 Å². The predicted molar refractivity (Wildman–Crippen MR) is 68.5 cm³/mol. The first-order chi connectivity index (χ1) is 9.46. The van der Waals surface area contributed by atoms with Gasteiger partial charge in [-0.2, -0.15) is 13.2 Å². The third kappa shape index (κ3) is 2.59. The first-order valence-electron chi connectivity index (χ1n) is 6.66. The average molecular weight is 284 g/mol. The number of alkyl halides is 3. The van der Waals surface area contributed by atoms with E-state index in [9.17, 15) is 18.0 Å². The molecule has 3 rings (SSSR count). The highest BCUT2D eigenvalue weighted by molar-refractivity contribution is 5.88. The highest BCUT2D eigenvalue weighted by Crippen LogP contribution is 2.37. The molecule has 3 nitrogen and oxygen atoms in total. The van der Waals surface area contributed by atoms with E-state index in [-0.39, 0.29) is 6.04 Å². The fourth-order valence-corrected chi connectivity index (χ4v) is 2.67. The van der Waals surface area contributed by atoms with Gasteiger partial charge in [0.2, 0.25) is 5.91 Å². The number of hydrogen-bond donors (Lipinski definition) is 1. The summed E-state index contributed by atoms with van der Waals surface area (Å²) in [4.78, 5) is 13.5. The molecule has 1 heterocycles. The number of carbonyl (C=O) groups is 1. The van der Waals surface area contributed by atoms with Crippen molar-refractivity contribution in [1.29, 1.82) is 0 Å². The fraction of sp³-hybridized carbons (Fsp3) is 0.500. The second-order valence-corrected chi connectivity index (χ2v) is 5.33. The molecule has 1 amide bonds. The van der Waals surface area contributed by atoms with Crippen molar-refractivity contribution in [2.24, 2.45) is 0 Å². The van der Waals surface area contributed by atoms with Crippen LogP contribution in [0.3, 0.4) is 0 Å². The van der Waals surface area contributed by atoms with Crippen molar-refractivity contribution < 1.29 is 18.0 Å². The van der Waals surface area contributed by atoms with Crippen LogP contribution in [0, 0.1) is 0 Å². The Kier molecular flexibility index (Phi) is 3.11. The number of para-hydroxylation sites is 1. The molecule has 1 aromatic rings. The highest BCUT2D eigenvalue weighted by atomic mass is 19.4. The molecule has 1 N–H and O–H groups in total. The van der Waals surface area contributed by atoms with E-state index < -0.39 is 24.5 Å². The lowest BCUT2D eigenvalue weighted by Crippen LogP contribution is -2.43. The highest BCUT2D eigenvalue weighted by Gasteiger charge is 2.43. The molecule has 0 bridgehead atoms. The molecule has 0 saturated heterocycles. The normalized spacial score (nSPS) is 21.2. The van der Waals surface area contributed by atoms with Crippen LogP contribution in [0.5, 0.6) is 0 Å². The summed E-state index contributed by atoms with van der Waals surface area (Å²) < 4.78 is 37.9. The summed E-state index contributed by atoms with van der Waals surface area (Å²) in [6.45, 7) is -0.769. The van der Waals surface area contributed by atoms with Gasteiger partial charge in [0, 0.05) is 18.3 Å². The maximum atomic E-state index is 12.6. The molecule has 6 heteroatoms. The minimum Gasteiger partial charge on any atom is -0.384 e. The summed E-state index contributed by atoms with van der Waals surface area (Å²) >= 11 is 0. The summed E-state index contributed by atoms with van der Waals surface area (Å²) in [5, 5.41) is 3.08. The van der Waals surface area contributed by atoms with Gasteiger partial charge >= 0.3 is 6.18 Å². The maximum absolute atomic E-state index is 12.6. The molecule has 1 aromatic carbocycles. The second-order valence-electron chi connectivity index (χ2n) is 5.33. The van der Waals surface area contributed by atoms with Gasteiger partial charge in [0.1, 0.15) is 6.54 Å². The molecule has 1 fully saturated rings. The molecule has 1 unspecified atom stereocenters. The van der Waals surface area contributed by atoms with Crippen molar-refractivity contribution in [2.75, 3.05) is 18.4 Å². The van der Waals surface area contributed by atoms with Crippen molar-refractivity contribution in [1.82, 2.24) is 4.90 Å². The van der Waals surface area contributed by atoms with Crippen molar-refractivity contribution >= 4 is 11.6 Å². The SMILES string of the molecule is O=C(C1CNc2ccccc21)N(CC(F)(F)F)C1CC1. The summed E-state index contributed by atoms with van der Waals surface area (Å²) in [7, 11) is 0. The van der Waals surface area contributed by atoms with E-state index >= 15 is 0 Å². The Bertz CT molecular complexity index is 525. The van der Waals surface area contributed by atoms with Gasteiger partial charge in [-0.25, -0.2) is 0 Å². The Balaban J connectivity index is 1.81. The molecule has 1 aliphatic heterocycles. The topological polar surface area (TPSA) is 32.3 Å². The molecule has 20 heavy (non-hydrogen) atoms. The largest absolute Gasteiger partial charge is 0.406 e. The van der Waals surface area contributed by atoms with Gasteiger partial charge < -0.3 is 10.2 Å². The number of nitrogens with one attached hydrogen (secondary N) is 1. The Labute approximate surface area is 114 Å². The number of nitrogens with zero attached hydrogens (tertiary/aromatic N) is 1. The summed E-state index contributed by atoms with van der Waals surface area (Å²) in [6.07, 6.45) is -3.00. The monoisotopic (exact) mass is 284 g/mol. The number of benzene rings is 1. The average Bonchev–Trinajstić information content (AvgIpc) is 3.13. The van der Waals surface area contributed by atoms with E-state index in [0.29, 0.717) is 19.4 Å². The van der Waals surface area contributed by atoms with E-state index in [4.69, 9.17) is 0 Å². The van der Waals surface area contributed by atoms with Crippen molar-refractivity contribution in [3.05, 3.63) is 29.8 Å². The van der Waals surface area contributed by atoms with Crippen LogP contribution in [0.25, 0.3) is 0 Å². The van der Waals surface area contributed by atoms with E-state index in [1.54, 1.807) is 12.1 Å². The van der Waals surface area contributed by atoms with Gasteiger partial charge in [-0.15, -0.1) is 0 Å². The van der Waals surface area contributed by atoms with Crippen molar-refractivity contribution in [3.63, 3.8) is 0 Å². The van der Waals surface area contributed by atoms with Gasteiger partial charge in [-0.05, 0) is 24.5 Å². The van der Waals surface area contributed by atoms with Crippen LogP contribution >= 0.6 is 0 Å². The molecule has 0 aromatic heterocycles. The third-order valence-corrected chi connectivity index (χ3v) is 3.75. The number of rotatable bonds is 3. The number of amides is 1. The van der Waals surface area contributed by atoms with E-state index in [1.165, 1.54) is 0 Å². The Morgan fingerprint density at radius 2 is 2.00 bits per heavy atom. The number of hydrogen-bond acceptors (Lipinski definition) is 2. The third-order valence-electron chi connectivity index (χ3n) is 3.75. The molecule has 2 aliphatic rings. The molecule has 1 atom stereocenters. The van der Waals surface area contributed by atoms with E-state index in [1.807, 2.05) is 12.1 Å². The zero-order chi connectivity index (χ0) is 14.3. The molecular weight excluding hydrogens is 269 g/mol. The lowest BCUT2D eigenvalue weighted by molar-refractivity contribution is -0.163. The molecule has 1 saturated carbocycles. The van der Waals surface area contributed by atoms with Gasteiger partial charge in [-0.1, -0.05) is 18.2 Å². The van der Waals surface area contributed by atoms with Gasteiger partial charge in [0.25, 0.3) is 0 Å². The van der Waals surface area contributed by atoms with Gasteiger partial charge in [0.15, 0.2) is 0 Å². The minimum absolute atomic E-state index is 0.239. The number of fused-ring (bicyclic) bond motifs is 1. The number of halogens is 3. The number of anilines is 1. The fourth-order valence-electron chi connectivity index (χ4n) is 2.67. The minimum atomic E-state index is -4.34. The van der Waals surface area contributed by atoms with Crippen molar-refractivity contribution in [3.8, 4) is 0 Å². The van der Waals surface area contributed by atoms with Gasteiger partial charge in [0.05, 0.1) is 5.92 Å². The standard InChI is InChI=1S/C14H15F3N2O/c15-14(16,17)8-19(9-5-6-9)13(20)11-7-18-12-4-2-1-3-10(11)12/h1-4,9,11,18H,5-8H2. The Hall–Kier alpha value is -1.72. The van der Waals surface area contributed by atoms with Crippen molar-refractivity contribution in [2.45, 2.75) is 31.0 Å². The van der Waals surface area contributed by atoms with Crippen LogP contribution in [-0.4, -0.2) is 36.1 Å². The smallest absolute Gasteiger partial charge is 0.384 e. The summed E-state index contributed by atoms with van der Waals surface area (Å²) in [5.74, 6) is -0.920. The Morgan fingerprint density at radius 1 is 1.30 bits per heavy atom. The van der Waals surface area contributed by atoms with Crippen LogP contribution in [0.4, 0.5) is 18.9 Å². The lowest BCUT2D eigenvalue weighted by Gasteiger charge is -2.26. The van der Waals surface area contributed by atoms with E-state index in [2.05, 4.69) is 5.32 Å². The quantitative estimate of drug-likeness (QED) is 0.925. The zero-order valence-corrected chi connectivity index (χ0v) is 10.8. The molecule has 108 valence electrons. The maximum Gasteiger partial charge on any atom is 0.406 e. The van der Waals surface area contributed by atoms with Crippen LogP contribution in [0.2, 0.25) is 0 Å². The molecular formula is C14H15F3N2O. The van der Waals surface area contributed by atoms with Crippen LogP contribution in [0.15, 0.2) is 24.3 Å². The molecule has 0 spiro atoms. The summed E-state index contributed by atoms with van der Waals surface area (Å²) in [6, 6.07) is 7.05.